The van der Waals surface area contributed by atoms with Crippen molar-refractivity contribution in [1.82, 2.24) is 0 Å². The lowest BCUT2D eigenvalue weighted by Crippen LogP contribution is -2.24. The maximum absolute atomic E-state index is 11.9. The summed E-state index contributed by atoms with van der Waals surface area (Å²) in [6, 6.07) is 9.64. The van der Waals surface area contributed by atoms with Gasteiger partial charge in [0.05, 0.1) is 11.5 Å². The molecule has 0 atom stereocenters. The minimum atomic E-state index is -0.581. The molecule has 0 unspecified atom stereocenters. The van der Waals surface area contributed by atoms with Crippen LogP contribution >= 0.6 is 0 Å². The van der Waals surface area contributed by atoms with E-state index in [0.29, 0.717) is 0 Å². The van der Waals surface area contributed by atoms with Crippen LogP contribution in [0.25, 0.3) is 6.08 Å². The van der Waals surface area contributed by atoms with Gasteiger partial charge in [-0.05, 0) is 49.5 Å². The zero-order chi connectivity index (χ0) is 17.3. The molecule has 2 aliphatic rings. The van der Waals surface area contributed by atoms with Crippen LogP contribution in [0.3, 0.4) is 0 Å². The topological polar surface area (TPSA) is 44.8 Å². The standard InChI is InChI=1S/C21H24O4/c22-20(15-14-17-8-2-1-3-9-17)23-16-21(24-18-10-4-5-11-18)25-19-12-6-7-13-19/h1-3,8-10,12,14-15,21H,4-7,11,13,16H2/b15-14+. The van der Waals surface area contributed by atoms with E-state index in [1.165, 1.54) is 6.08 Å². The van der Waals surface area contributed by atoms with Gasteiger partial charge in [0, 0.05) is 18.9 Å². The van der Waals surface area contributed by atoms with Crippen molar-refractivity contribution in [3.8, 4) is 0 Å². The Balaban J connectivity index is 1.51. The van der Waals surface area contributed by atoms with Gasteiger partial charge in [-0.3, -0.25) is 0 Å². The molecule has 3 rings (SSSR count). The van der Waals surface area contributed by atoms with Gasteiger partial charge in [-0.15, -0.1) is 0 Å². The van der Waals surface area contributed by atoms with Crippen LogP contribution in [0.5, 0.6) is 0 Å². The molecule has 0 amide bonds. The third kappa shape index (κ3) is 5.82. The summed E-state index contributed by atoms with van der Waals surface area (Å²) in [5.74, 6) is 1.46. The van der Waals surface area contributed by atoms with Crippen molar-refractivity contribution in [1.29, 1.82) is 0 Å². The Morgan fingerprint density at radius 3 is 2.20 bits per heavy atom. The Morgan fingerprint density at radius 2 is 1.64 bits per heavy atom. The van der Waals surface area contributed by atoms with Crippen LogP contribution in [0.1, 0.15) is 44.1 Å². The van der Waals surface area contributed by atoms with Crippen LogP contribution in [0, 0.1) is 0 Å². The number of hydrogen-bond acceptors (Lipinski definition) is 4. The summed E-state index contributed by atoms with van der Waals surface area (Å²) in [6.45, 7) is 0.0760. The van der Waals surface area contributed by atoms with E-state index in [2.05, 4.69) is 12.2 Å². The summed E-state index contributed by atoms with van der Waals surface area (Å²) < 4.78 is 17.1. The van der Waals surface area contributed by atoms with Crippen LogP contribution in [0.4, 0.5) is 0 Å². The van der Waals surface area contributed by atoms with E-state index >= 15 is 0 Å². The van der Waals surface area contributed by atoms with E-state index < -0.39 is 12.3 Å². The molecule has 4 nitrogen and oxygen atoms in total. The lowest BCUT2D eigenvalue weighted by atomic mass is 10.2. The van der Waals surface area contributed by atoms with Gasteiger partial charge in [0.1, 0.15) is 0 Å². The Labute approximate surface area is 148 Å². The van der Waals surface area contributed by atoms with Crippen molar-refractivity contribution in [2.45, 2.75) is 44.8 Å². The number of carbonyl (C=O) groups is 1. The molecule has 25 heavy (non-hydrogen) atoms. The molecule has 0 bridgehead atoms. The second-order valence-electron chi connectivity index (χ2n) is 6.16. The van der Waals surface area contributed by atoms with Crippen molar-refractivity contribution in [2.75, 3.05) is 6.61 Å². The predicted molar refractivity (Wildman–Crippen MR) is 96.3 cm³/mol. The predicted octanol–water partition coefficient (Wildman–Crippen LogP) is 4.74. The second-order valence-corrected chi connectivity index (χ2v) is 6.16. The first-order valence-electron chi connectivity index (χ1n) is 8.91. The molecule has 0 aromatic heterocycles. The molecular weight excluding hydrogens is 316 g/mol. The Morgan fingerprint density at radius 1 is 1.00 bits per heavy atom. The summed E-state index contributed by atoms with van der Waals surface area (Å²) >= 11 is 0. The average molecular weight is 340 g/mol. The third-order valence-corrected chi connectivity index (χ3v) is 4.14. The van der Waals surface area contributed by atoms with Crippen LogP contribution in [0.2, 0.25) is 0 Å². The molecule has 1 aromatic rings. The summed E-state index contributed by atoms with van der Waals surface area (Å²) in [4.78, 5) is 11.9. The van der Waals surface area contributed by atoms with E-state index in [0.717, 1.165) is 55.6 Å². The zero-order valence-electron chi connectivity index (χ0n) is 14.4. The van der Waals surface area contributed by atoms with E-state index in [4.69, 9.17) is 14.2 Å². The molecule has 0 spiro atoms. The van der Waals surface area contributed by atoms with E-state index in [9.17, 15) is 4.79 Å². The number of carbonyl (C=O) groups excluding carboxylic acids is 1. The van der Waals surface area contributed by atoms with Gasteiger partial charge in [-0.25, -0.2) is 4.79 Å². The molecule has 2 aliphatic carbocycles. The molecule has 0 saturated heterocycles. The van der Waals surface area contributed by atoms with E-state index in [1.807, 2.05) is 30.3 Å². The maximum Gasteiger partial charge on any atom is 0.331 e. The van der Waals surface area contributed by atoms with Crippen LogP contribution < -0.4 is 0 Å². The fourth-order valence-electron chi connectivity index (χ4n) is 2.85. The summed E-state index contributed by atoms with van der Waals surface area (Å²) in [7, 11) is 0. The normalized spacial score (nSPS) is 16.8. The van der Waals surface area contributed by atoms with Crippen LogP contribution in [-0.4, -0.2) is 18.9 Å². The molecule has 0 N–H and O–H groups in total. The summed E-state index contributed by atoms with van der Waals surface area (Å²) in [5.41, 5.74) is 0.954. The molecule has 0 fully saturated rings. The Kier molecular flexibility index (Phi) is 6.32. The van der Waals surface area contributed by atoms with E-state index in [1.54, 1.807) is 6.08 Å². The highest BCUT2D eigenvalue weighted by Gasteiger charge is 2.20. The fraction of sp³-hybridized carbons (Fsp3) is 0.381. The SMILES string of the molecule is O=C(/C=C/c1ccccc1)OCC(OC1=CCCC1)OC1=CCCC1. The highest BCUT2D eigenvalue weighted by Crippen LogP contribution is 2.24. The first-order chi connectivity index (χ1) is 12.3. The molecule has 4 heteroatoms. The molecule has 0 radical (unpaired) electrons. The highest BCUT2D eigenvalue weighted by molar-refractivity contribution is 5.87. The van der Waals surface area contributed by atoms with Gasteiger partial charge in [-0.1, -0.05) is 30.3 Å². The molecule has 0 aliphatic heterocycles. The Hall–Kier alpha value is -2.49. The van der Waals surface area contributed by atoms with Gasteiger partial charge in [0.25, 0.3) is 6.29 Å². The molecule has 132 valence electrons. The van der Waals surface area contributed by atoms with Crippen molar-refractivity contribution >= 4 is 12.0 Å². The Bertz CT molecular complexity index is 632. The number of benzene rings is 1. The van der Waals surface area contributed by atoms with E-state index in [-0.39, 0.29) is 6.61 Å². The quantitative estimate of drug-likeness (QED) is 0.390. The smallest absolute Gasteiger partial charge is 0.331 e. The van der Waals surface area contributed by atoms with Gasteiger partial charge in [0.15, 0.2) is 6.61 Å². The second kappa shape index (κ2) is 9.11. The minimum absolute atomic E-state index is 0.0760. The number of rotatable bonds is 8. The number of allylic oxidation sites excluding steroid dienone is 4. The number of esters is 1. The summed E-state index contributed by atoms with van der Waals surface area (Å²) in [6.07, 6.45) is 12.8. The number of hydrogen-bond donors (Lipinski definition) is 0. The summed E-state index contributed by atoms with van der Waals surface area (Å²) in [5, 5.41) is 0. The van der Waals surface area contributed by atoms with Gasteiger partial charge >= 0.3 is 5.97 Å². The first-order valence-corrected chi connectivity index (χ1v) is 8.91. The number of ether oxygens (including phenoxy) is 3. The first kappa shape index (κ1) is 17.3. The average Bonchev–Trinajstić information content (AvgIpc) is 3.33. The molecule has 0 saturated carbocycles. The van der Waals surface area contributed by atoms with Crippen molar-refractivity contribution in [2.24, 2.45) is 0 Å². The lowest BCUT2D eigenvalue weighted by Gasteiger charge is -2.21. The fourth-order valence-corrected chi connectivity index (χ4v) is 2.85. The third-order valence-electron chi connectivity index (χ3n) is 4.14. The monoisotopic (exact) mass is 340 g/mol. The molecular formula is C21H24O4. The zero-order valence-corrected chi connectivity index (χ0v) is 14.4. The largest absolute Gasteiger partial charge is 0.456 e. The van der Waals surface area contributed by atoms with Crippen LogP contribution in [0.15, 0.2) is 60.1 Å². The van der Waals surface area contributed by atoms with Gasteiger partial charge in [0.2, 0.25) is 0 Å². The maximum atomic E-state index is 11.9. The van der Waals surface area contributed by atoms with Gasteiger partial charge in [-0.2, -0.15) is 0 Å². The highest BCUT2D eigenvalue weighted by atomic mass is 16.7. The molecule has 1 aromatic carbocycles. The lowest BCUT2D eigenvalue weighted by molar-refractivity contribution is -0.158. The van der Waals surface area contributed by atoms with Crippen molar-refractivity contribution in [3.05, 3.63) is 65.6 Å². The minimum Gasteiger partial charge on any atom is -0.456 e. The van der Waals surface area contributed by atoms with Gasteiger partial charge < -0.3 is 14.2 Å². The van der Waals surface area contributed by atoms with Crippen LogP contribution in [-0.2, 0) is 19.0 Å². The molecule has 0 heterocycles. The van der Waals surface area contributed by atoms with Crippen molar-refractivity contribution in [3.63, 3.8) is 0 Å². The van der Waals surface area contributed by atoms with Crippen molar-refractivity contribution < 1.29 is 19.0 Å².